The second kappa shape index (κ2) is 7.80. The van der Waals surface area contributed by atoms with Gasteiger partial charge in [0.2, 0.25) is 5.82 Å². The van der Waals surface area contributed by atoms with Crippen LogP contribution in [0.5, 0.6) is 0 Å². The normalized spacial score (nSPS) is 11.1. The van der Waals surface area contributed by atoms with Crippen molar-refractivity contribution in [1.82, 2.24) is 24.8 Å². The summed E-state index contributed by atoms with van der Waals surface area (Å²) in [5, 5.41) is 12.9. The van der Waals surface area contributed by atoms with Crippen molar-refractivity contribution in [2.75, 3.05) is 13.7 Å². The Bertz CT molecular complexity index is 914. The third kappa shape index (κ3) is 3.84. The molecule has 0 saturated carbocycles. The minimum atomic E-state index is -0.0539. The summed E-state index contributed by atoms with van der Waals surface area (Å²) in [6, 6.07) is 9.05. The molecular weight excluding hydrogens is 354 g/mol. The highest BCUT2D eigenvalue weighted by atomic mass is 35.5. The van der Waals surface area contributed by atoms with Crippen molar-refractivity contribution in [3.8, 4) is 11.4 Å². The molecule has 0 unspecified atom stereocenters. The molecule has 0 saturated heterocycles. The summed E-state index contributed by atoms with van der Waals surface area (Å²) < 4.78 is 7.20. The fraction of sp³-hybridized carbons (Fsp3) is 0.333. The number of aryl methyl sites for hydroxylation is 1. The van der Waals surface area contributed by atoms with E-state index in [0.29, 0.717) is 29.6 Å². The molecule has 26 heavy (non-hydrogen) atoms. The largest absolute Gasteiger partial charge is 0.383 e. The molecule has 3 aromatic rings. The van der Waals surface area contributed by atoms with E-state index in [1.54, 1.807) is 19.2 Å². The predicted molar refractivity (Wildman–Crippen MR) is 98.4 cm³/mol. The van der Waals surface area contributed by atoms with Crippen LogP contribution in [0.2, 0.25) is 5.02 Å². The van der Waals surface area contributed by atoms with Gasteiger partial charge in [-0.1, -0.05) is 11.6 Å². The van der Waals surface area contributed by atoms with Gasteiger partial charge in [-0.15, -0.1) is 10.2 Å². The molecule has 136 valence electrons. The standard InChI is InChI=1S/C18H20ClN5O2/c1-12-10-16(13(2)23(12)8-9-26-3)17(25)11-24-21-18(20-22-24)14-4-6-15(19)7-5-14/h4-7,10H,8-9,11H2,1-3H3. The number of ether oxygens (including phenoxy) is 1. The van der Waals surface area contributed by atoms with Crippen molar-refractivity contribution in [2.24, 2.45) is 0 Å². The highest BCUT2D eigenvalue weighted by molar-refractivity contribution is 6.30. The van der Waals surface area contributed by atoms with Gasteiger partial charge in [0.25, 0.3) is 0 Å². The number of ketones is 1. The van der Waals surface area contributed by atoms with Crippen molar-refractivity contribution in [1.29, 1.82) is 0 Å². The van der Waals surface area contributed by atoms with Crippen LogP contribution in [0, 0.1) is 13.8 Å². The first-order valence-electron chi connectivity index (χ1n) is 8.22. The van der Waals surface area contributed by atoms with Gasteiger partial charge in [0.15, 0.2) is 5.78 Å². The quantitative estimate of drug-likeness (QED) is 0.595. The number of Topliss-reactive ketones (excluding diaryl/α,β-unsaturated/α-hetero) is 1. The molecule has 3 rings (SSSR count). The molecule has 2 aromatic heterocycles. The van der Waals surface area contributed by atoms with Gasteiger partial charge in [0, 0.05) is 41.2 Å². The molecule has 8 heteroatoms. The number of methoxy groups -OCH3 is 1. The molecule has 0 N–H and O–H groups in total. The number of carbonyl (C=O) groups is 1. The van der Waals surface area contributed by atoms with Gasteiger partial charge in [0.05, 0.1) is 6.61 Å². The Labute approximate surface area is 156 Å². The first-order valence-corrected chi connectivity index (χ1v) is 8.60. The van der Waals surface area contributed by atoms with E-state index in [4.69, 9.17) is 16.3 Å². The average molecular weight is 374 g/mol. The van der Waals surface area contributed by atoms with Crippen LogP contribution >= 0.6 is 11.6 Å². The molecule has 1 aromatic carbocycles. The molecule has 0 spiro atoms. The monoisotopic (exact) mass is 373 g/mol. The number of nitrogens with zero attached hydrogens (tertiary/aromatic N) is 5. The molecule has 0 aliphatic heterocycles. The summed E-state index contributed by atoms with van der Waals surface area (Å²) in [6.45, 7) is 5.26. The summed E-state index contributed by atoms with van der Waals surface area (Å²) in [4.78, 5) is 14.0. The van der Waals surface area contributed by atoms with Gasteiger partial charge >= 0.3 is 0 Å². The Morgan fingerprint density at radius 3 is 2.65 bits per heavy atom. The lowest BCUT2D eigenvalue weighted by molar-refractivity contribution is 0.0960. The SMILES string of the molecule is COCCn1c(C)cc(C(=O)Cn2nnc(-c3ccc(Cl)cc3)n2)c1C. The molecule has 0 fully saturated rings. The fourth-order valence-electron chi connectivity index (χ4n) is 2.85. The molecule has 0 aliphatic rings. The zero-order valence-electron chi connectivity index (χ0n) is 14.9. The summed E-state index contributed by atoms with van der Waals surface area (Å²) in [5.74, 6) is 0.404. The number of tetrazole rings is 1. The summed E-state index contributed by atoms with van der Waals surface area (Å²) in [6.07, 6.45) is 0. The first-order chi connectivity index (χ1) is 12.5. The number of benzene rings is 1. The Kier molecular flexibility index (Phi) is 5.49. The maximum atomic E-state index is 12.7. The van der Waals surface area contributed by atoms with Crippen LogP contribution in [0.3, 0.4) is 0 Å². The number of rotatable bonds is 7. The van der Waals surface area contributed by atoms with Gasteiger partial charge in [-0.25, -0.2) is 0 Å². The van der Waals surface area contributed by atoms with Crippen molar-refractivity contribution in [2.45, 2.75) is 26.9 Å². The van der Waals surface area contributed by atoms with Crippen molar-refractivity contribution in [3.63, 3.8) is 0 Å². The third-order valence-corrected chi connectivity index (χ3v) is 4.49. The Morgan fingerprint density at radius 2 is 1.96 bits per heavy atom. The number of hydrogen-bond acceptors (Lipinski definition) is 5. The van der Waals surface area contributed by atoms with Crippen LogP contribution in [-0.2, 0) is 17.8 Å². The van der Waals surface area contributed by atoms with E-state index in [1.165, 1.54) is 4.80 Å². The summed E-state index contributed by atoms with van der Waals surface area (Å²) in [7, 11) is 1.66. The summed E-state index contributed by atoms with van der Waals surface area (Å²) >= 11 is 5.89. The second-order valence-electron chi connectivity index (χ2n) is 6.00. The number of carbonyl (C=O) groups excluding carboxylic acids is 1. The summed E-state index contributed by atoms with van der Waals surface area (Å²) in [5.41, 5.74) is 3.41. The van der Waals surface area contributed by atoms with Crippen LogP contribution in [0.15, 0.2) is 30.3 Å². The number of halogens is 1. The Morgan fingerprint density at radius 1 is 1.23 bits per heavy atom. The molecule has 0 aliphatic carbocycles. The predicted octanol–water partition coefficient (Wildman–Crippen LogP) is 2.94. The fourth-order valence-corrected chi connectivity index (χ4v) is 2.97. The molecule has 0 radical (unpaired) electrons. The van der Waals surface area contributed by atoms with Gasteiger partial charge in [-0.2, -0.15) is 4.80 Å². The van der Waals surface area contributed by atoms with Crippen LogP contribution < -0.4 is 0 Å². The highest BCUT2D eigenvalue weighted by Gasteiger charge is 2.17. The maximum absolute atomic E-state index is 12.7. The van der Waals surface area contributed by atoms with E-state index in [9.17, 15) is 4.79 Å². The van der Waals surface area contributed by atoms with Crippen LogP contribution in [0.4, 0.5) is 0 Å². The average Bonchev–Trinajstić information content (AvgIpc) is 3.19. The number of hydrogen-bond donors (Lipinski definition) is 0. The van der Waals surface area contributed by atoms with E-state index >= 15 is 0 Å². The smallest absolute Gasteiger partial charge is 0.204 e. The molecule has 0 bridgehead atoms. The van der Waals surface area contributed by atoms with Gasteiger partial charge < -0.3 is 9.30 Å². The Balaban J connectivity index is 1.75. The zero-order chi connectivity index (χ0) is 18.7. The molecular formula is C18H20ClN5O2. The molecule has 0 atom stereocenters. The minimum absolute atomic E-state index is 0.0369. The van der Waals surface area contributed by atoms with Gasteiger partial charge in [0.1, 0.15) is 6.54 Å². The van der Waals surface area contributed by atoms with Crippen LogP contribution in [-0.4, -0.2) is 44.3 Å². The number of aromatic nitrogens is 5. The second-order valence-corrected chi connectivity index (χ2v) is 6.44. The molecule has 7 nitrogen and oxygen atoms in total. The van der Waals surface area contributed by atoms with Gasteiger partial charge in [-0.05, 0) is 49.4 Å². The molecule has 0 amide bonds. The van der Waals surface area contributed by atoms with E-state index in [-0.39, 0.29) is 12.3 Å². The van der Waals surface area contributed by atoms with Crippen molar-refractivity contribution in [3.05, 3.63) is 52.3 Å². The lowest BCUT2D eigenvalue weighted by atomic mass is 10.1. The topological polar surface area (TPSA) is 74.8 Å². The minimum Gasteiger partial charge on any atom is -0.383 e. The third-order valence-electron chi connectivity index (χ3n) is 4.23. The van der Waals surface area contributed by atoms with Gasteiger partial charge in [-0.3, -0.25) is 4.79 Å². The zero-order valence-corrected chi connectivity index (χ0v) is 15.7. The van der Waals surface area contributed by atoms with E-state index in [0.717, 1.165) is 17.0 Å². The highest BCUT2D eigenvalue weighted by Crippen LogP contribution is 2.18. The first kappa shape index (κ1) is 18.3. The van der Waals surface area contributed by atoms with Crippen LogP contribution in [0.25, 0.3) is 11.4 Å². The molecule has 2 heterocycles. The van der Waals surface area contributed by atoms with Crippen LogP contribution in [0.1, 0.15) is 21.7 Å². The van der Waals surface area contributed by atoms with Crippen molar-refractivity contribution < 1.29 is 9.53 Å². The Hall–Kier alpha value is -2.51. The maximum Gasteiger partial charge on any atom is 0.204 e. The lowest BCUT2D eigenvalue weighted by Crippen LogP contribution is -2.14. The van der Waals surface area contributed by atoms with E-state index < -0.39 is 0 Å². The lowest BCUT2D eigenvalue weighted by Gasteiger charge is -2.08. The van der Waals surface area contributed by atoms with E-state index in [1.807, 2.05) is 32.0 Å². The van der Waals surface area contributed by atoms with Crippen molar-refractivity contribution >= 4 is 17.4 Å². The van der Waals surface area contributed by atoms with E-state index in [2.05, 4.69) is 20.0 Å².